The summed E-state index contributed by atoms with van der Waals surface area (Å²) >= 11 is 7.67. The Kier molecular flexibility index (Phi) is 6.32. The molecule has 6 heteroatoms. The number of halogens is 1. The number of hydrogen-bond acceptors (Lipinski definition) is 4. The van der Waals surface area contributed by atoms with Crippen molar-refractivity contribution in [2.75, 3.05) is 19.5 Å². The Morgan fingerprint density at radius 3 is 2.94 bits per heavy atom. The van der Waals surface area contributed by atoms with Crippen molar-refractivity contribution >= 4 is 29.1 Å². The van der Waals surface area contributed by atoms with E-state index >= 15 is 0 Å². The van der Waals surface area contributed by atoms with Crippen molar-refractivity contribution in [3.05, 3.63) is 38.9 Å². The van der Waals surface area contributed by atoms with E-state index in [9.17, 15) is 10.1 Å². The van der Waals surface area contributed by atoms with Gasteiger partial charge in [-0.15, -0.1) is 0 Å². The van der Waals surface area contributed by atoms with Gasteiger partial charge in [-0.25, -0.2) is 0 Å². The number of nitro groups is 1. The highest BCUT2D eigenvalue weighted by Gasteiger charge is 2.09. The number of benzene rings is 1. The monoisotopic (exact) mass is 275 g/mol. The van der Waals surface area contributed by atoms with Crippen molar-refractivity contribution in [1.82, 2.24) is 0 Å². The van der Waals surface area contributed by atoms with Crippen LogP contribution in [-0.4, -0.2) is 24.4 Å². The van der Waals surface area contributed by atoms with E-state index in [4.69, 9.17) is 16.3 Å². The molecule has 0 heterocycles. The van der Waals surface area contributed by atoms with Crippen LogP contribution in [0.4, 0.5) is 5.69 Å². The van der Waals surface area contributed by atoms with Crippen LogP contribution in [0.5, 0.6) is 0 Å². The SMILES string of the molecule is COCCCSCc1cc([N+](=O)[O-])ccc1Cl. The van der Waals surface area contributed by atoms with Crippen molar-refractivity contribution in [3.63, 3.8) is 0 Å². The number of non-ortho nitro benzene ring substituents is 1. The number of ether oxygens (including phenoxy) is 1. The molecule has 17 heavy (non-hydrogen) atoms. The van der Waals surface area contributed by atoms with Crippen LogP contribution in [0, 0.1) is 10.1 Å². The van der Waals surface area contributed by atoms with Gasteiger partial charge in [-0.3, -0.25) is 10.1 Å². The number of hydrogen-bond donors (Lipinski definition) is 0. The highest BCUT2D eigenvalue weighted by molar-refractivity contribution is 7.98. The summed E-state index contributed by atoms with van der Waals surface area (Å²) in [6.07, 6.45) is 0.966. The Labute approximate surface area is 109 Å². The van der Waals surface area contributed by atoms with E-state index in [2.05, 4.69) is 0 Å². The van der Waals surface area contributed by atoms with Gasteiger partial charge in [-0.1, -0.05) is 11.6 Å². The normalized spacial score (nSPS) is 10.5. The number of nitrogens with zero attached hydrogens (tertiary/aromatic N) is 1. The van der Waals surface area contributed by atoms with Crippen molar-refractivity contribution < 1.29 is 9.66 Å². The largest absolute Gasteiger partial charge is 0.385 e. The fraction of sp³-hybridized carbons (Fsp3) is 0.455. The molecule has 0 amide bonds. The summed E-state index contributed by atoms with van der Waals surface area (Å²) in [7, 11) is 1.67. The molecule has 4 nitrogen and oxygen atoms in total. The molecule has 0 bridgehead atoms. The Balaban J connectivity index is 2.51. The third-order valence-corrected chi connectivity index (χ3v) is 3.60. The zero-order valence-corrected chi connectivity index (χ0v) is 11.1. The van der Waals surface area contributed by atoms with E-state index in [0.717, 1.165) is 24.3 Å². The van der Waals surface area contributed by atoms with E-state index in [0.29, 0.717) is 10.8 Å². The van der Waals surface area contributed by atoms with Gasteiger partial charge in [0.1, 0.15) is 0 Å². The maximum absolute atomic E-state index is 10.6. The van der Waals surface area contributed by atoms with Crippen molar-refractivity contribution in [3.8, 4) is 0 Å². The van der Waals surface area contributed by atoms with Crippen molar-refractivity contribution in [2.45, 2.75) is 12.2 Å². The molecule has 0 aromatic heterocycles. The third kappa shape index (κ3) is 4.93. The number of nitro benzene ring substituents is 1. The van der Waals surface area contributed by atoms with Crippen molar-refractivity contribution in [2.24, 2.45) is 0 Å². The smallest absolute Gasteiger partial charge is 0.269 e. The van der Waals surface area contributed by atoms with Crippen LogP contribution in [0.3, 0.4) is 0 Å². The first kappa shape index (κ1) is 14.3. The van der Waals surface area contributed by atoms with Gasteiger partial charge in [0.05, 0.1) is 4.92 Å². The second-order valence-electron chi connectivity index (χ2n) is 3.43. The molecule has 0 unspecified atom stereocenters. The van der Waals surface area contributed by atoms with Crippen LogP contribution in [0.2, 0.25) is 5.02 Å². The fourth-order valence-electron chi connectivity index (χ4n) is 1.27. The highest BCUT2D eigenvalue weighted by Crippen LogP contribution is 2.25. The van der Waals surface area contributed by atoms with Gasteiger partial charge >= 0.3 is 0 Å². The Morgan fingerprint density at radius 1 is 1.53 bits per heavy atom. The highest BCUT2D eigenvalue weighted by atomic mass is 35.5. The van der Waals surface area contributed by atoms with Gasteiger partial charge in [-0.2, -0.15) is 11.8 Å². The second-order valence-corrected chi connectivity index (χ2v) is 4.94. The minimum absolute atomic E-state index is 0.0851. The van der Waals surface area contributed by atoms with Gasteiger partial charge in [0.15, 0.2) is 0 Å². The summed E-state index contributed by atoms with van der Waals surface area (Å²) in [5.74, 6) is 1.64. The van der Waals surface area contributed by atoms with Gasteiger partial charge in [-0.05, 0) is 23.8 Å². The molecule has 0 saturated carbocycles. The molecule has 0 radical (unpaired) electrons. The predicted molar refractivity (Wildman–Crippen MR) is 70.8 cm³/mol. The number of rotatable bonds is 7. The van der Waals surface area contributed by atoms with E-state index in [-0.39, 0.29) is 5.69 Å². The van der Waals surface area contributed by atoms with Crippen LogP contribution in [0.15, 0.2) is 18.2 Å². The predicted octanol–water partition coefficient (Wildman–Crippen LogP) is 3.52. The van der Waals surface area contributed by atoms with Gasteiger partial charge < -0.3 is 4.74 Å². The molecule has 0 atom stereocenters. The van der Waals surface area contributed by atoms with Crippen LogP contribution in [0.1, 0.15) is 12.0 Å². The summed E-state index contributed by atoms with van der Waals surface area (Å²) in [6, 6.07) is 4.53. The molecule has 1 aromatic carbocycles. The zero-order valence-electron chi connectivity index (χ0n) is 9.52. The van der Waals surface area contributed by atoms with Gasteiger partial charge in [0.25, 0.3) is 5.69 Å². The van der Waals surface area contributed by atoms with Crippen LogP contribution >= 0.6 is 23.4 Å². The zero-order chi connectivity index (χ0) is 12.7. The maximum Gasteiger partial charge on any atom is 0.269 e. The lowest BCUT2D eigenvalue weighted by Crippen LogP contribution is -1.93. The Bertz CT molecular complexity index is 387. The summed E-state index contributed by atoms with van der Waals surface area (Å²) in [5, 5.41) is 11.2. The Hall–Kier alpha value is -0.780. The first-order chi connectivity index (χ1) is 8.15. The fourth-order valence-corrected chi connectivity index (χ4v) is 2.46. The average Bonchev–Trinajstić information content (AvgIpc) is 2.30. The van der Waals surface area contributed by atoms with E-state index in [1.54, 1.807) is 24.9 Å². The Morgan fingerprint density at radius 2 is 2.29 bits per heavy atom. The quantitative estimate of drug-likeness (QED) is 0.434. The molecule has 0 fully saturated rings. The minimum atomic E-state index is -0.407. The molecule has 94 valence electrons. The summed E-state index contributed by atoms with van der Waals surface area (Å²) < 4.78 is 4.94. The molecule has 0 aliphatic heterocycles. The van der Waals surface area contributed by atoms with Crippen LogP contribution < -0.4 is 0 Å². The van der Waals surface area contributed by atoms with Gasteiger partial charge in [0, 0.05) is 36.6 Å². The lowest BCUT2D eigenvalue weighted by Gasteiger charge is -2.04. The van der Waals surface area contributed by atoms with Crippen molar-refractivity contribution in [1.29, 1.82) is 0 Å². The summed E-state index contributed by atoms with van der Waals surface area (Å²) in [5.41, 5.74) is 0.894. The maximum atomic E-state index is 10.6. The number of methoxy groups -OCH3 is 1. The minimum Gasteiger partial charge on any atom is -0.385 e. The molecule has 1 aromatic rings. The second kappa shape index (κ2) is 7.53. The van der Waals surface area contributed by atoms with E-state index in [1.807, 2.05) is 0 Å². The summed E-state index contributed by atoms with van der Waals surface area (Å²) in [6.45, 7) is 0.732. The molecule has 0 aliphatic rings. The molecular formula is C11H14ClNO3S. The average molecular weight is 276 g/mol. The molecule has 1 rings (SSSR count). The lowest BCUT2D eigenvalue weighted by atomic mass is 10.2. The topological polar surface area (TPSA) is 52.4 Å². The van der Waals surface area contributed by atoms with E-state index < -0.39 is 4.92 Å². The van der Waals surface area contributed by atoms with E-state index in [1.165, 1.54) is 12.1 Å². The third-order valence-electron chi connectivity index (χ3n) is 2.13. The van der Waals surface area contributed by atoms with Gasteiger partial charge in [0.2, 0.25) is 0 Å². The van der Waals surface area contributed by atoms with Crippen LogP contribution in [-0.2, 0) is 10.5 Å². The lowest BCUT2D eigenvalue weighted by molar-refractivity contribution is -0.384. The summed E-state index contributed by atoms with van der Waals surface area (Å²) in [4.78, 5) is 10.2. The number of thioether (sulfide) groups is 1. The molecule has 0 N–H and O–H groups in total. The molecular weight excluding hydrogens is 262 g/mol. The first-order valence-corrected chi connectivity index (χ1v) is 6.68. The molecule has 0 spiro atoms. The molecule has 0 aliphatic carbocycles. The standard InChI is InChI=1S/C11H14ClNO3S/c1-16-5-2-6-17-8-9-7-10(13(14)15)3-4-11(9)12/h3-4,7H,2,5-6,8H2,1H3. The first-order valence-electron chi connectivity index (χ1n) is 5.14. The van der Waals surface area contributed by atoms with Crippen LogP contribution in [0.25, 0.3) is 0 Å². The molecule has 0 saturated heterocycles.